The van der Waals surface area contributed by atoms with Gasteiger partial charge in [-0.3, -0.25) is 4.90 Å². The van der Waals surface area contributed by atoms with Gasteiger partial charge in [-0.25, -0.2) is 4.98 Å². The molecule has 4 heterocycles. The highest BCUT2D eigenvalue weighted by molar-refractivity contribution is 6.23. The average molecular weight is 847 g/mol. The molecule has 0 saturated carbocycles. The fourth-order valence-corrected chi connectivity index (χ4v) is 10.4. The normalized spacial score (nSPS) is 13.1. The van der Waals surface area contributed by atoms with Crippen molar-refractivity contribution in [2.24, 2.45) is 0 Å². The fourth-order valence-electron chi connectivity index (χ4n) is 10.4. The van der Waals surface area contributed by atoms with Crippen molar-refractivity contribution in [1.82, 2.24) is 24.1 Å². The summed E-state index contributed by atoms with van der Waals surface area (Å²) in [6.45, 7) is 4.68. The lowest BCUT2D eigenvalue weighted by molar-refractivity contribution is 0.630. The topological polar surface area (TPSA) is 51.8 Å². The summed E-state index contributed by atoms with van der Waals surface area (Å²) in [6, 6.07) is 77.9. The Labute approximate surface area is 382 Å². The van der Waals surface area contributed by atoms with E-state index in [0.717, 1.165) is 56.0 Å². The lowest BCUT2D eigenvalue weighted by Crippen LogP contribution is -2.31. The minimum atomic E-state index is -0.375. The number of hydrogen-bond donors (Lipinski definition) is 0. The third-order valence-electron chi connectivity index (χ3n) is 13.5. The van der Waals surface area contributed by atoms with Gasteiger partial charge in [0.05, 0.1) is 33.4 Å². The Kier molecular flexibility index (Phi) is 8.46. The zero-order valence-electron chi connectivity index (χ0n) is 36.5. The van der Waals surface area contributed by atoms with E-state index < -0.39 is 0 Å². The molecule has 6 nitrogen and oxygen atoms in total. The molecule has 312 valence electrons. The highest BCUT2D eigenvalue weighted by Crippen LogP contribution is 2.53. The van der Waals surface area contributed by atoms with E-state index in [1.165, 1.54) is 43.7 Å². The third kappa shape index (κ3) is 5.78. The van der Waals surface area contributed by atoms with Gasteiger partial charge in [0.2, 0.25) is 5.95 Å². The SMILES string of the molecule is CC1(C)c2ccc(-c3ccccc3)cc2N(c2nc(-c3ccccc3)nc(-c3ccccc3)n2)c2cc(-n3c4ccccc4c4ccc5c6ccccc6n(-c6ccccc6)c5c43)ccc21. The fraction of sp³-hybridized carbons (Fsp3) is 0.0500. The number of fused-ring (bicyclic) bond motifs is 9. The monoisotopic (exact) mass is 846 g/mol. The first kappa shape index (κ1) is 37.9. The van der Waals surface area contributed by atoms with E-state index in [-0.39, 0.29) is 5.41 Å². The van der Waals surface area contributed by atoms with Crippen LogP contribution in [0.2, 0.25) is 0 Å². The van der Waals surface area contributed by atoms with Crippen molar-refractivity contribution in [2.45, 2.75) is 19.3 Å². The molecule has 6 heteroatoms. The van der Waals surface area contributed by atoms with E-state index in [9.17, 15) is 0 Å². The largest absolute Gasteiger partial charge is 0.307 e. The third-order valence-corrected chi connectivity index (χ3v) is 13.5. The Morgan fingerprint density at radius 3 is 1.36 bits per heavy atom. The van der Waals surface area contributed by atoms with Crippen LogP contribution in [0.5, 0.6) is 0 Å². The Morgan fingerprint density at radius 1 is 0.348 bits per heavy atom. The van der Waals surface area contributed by atoms with Gasteiger partial charge in [-0.15, -0.1) is 0 Å². The van der Waals surface area contributed by atoms with Crippen LogP contribution >= 0.6 is 0 Å². The Hall–Kier alpha value is -8.61. The second-order valence-corrected chi connectivity index (χ2v) is 17.7. The molecule has 12 aromatic rings. The second-order valence-electron chi connectivity index (χ2n) is 17.7. The highest BCUT2D eigenvalue weighted by Gasteiger charge is 2.39. The van der Waals surface area contributed by atoms with Gasteiger partial charge in [-0.1, -0.05) is 190 Å². The van der Waals surface area contributed by atoms with Crippen molar-refractivity contribution < 1.29 is 0 Å². The molecule has 1 aliphatic rings. The van der Waals surface area contributed by atoms with Crippen molar-refractivity contribution in [3.8, 4) is 45.3 Å². The van der Waals surface area contributed by atoms with Crippen molar-refractivity contribution in [3.63, 3.8) is 0 Å². The number of aromatic nitrogens is 5. The molecular weight excluding hydrogens is 805 g/mol. The van der Waals surface area contributed by atoms with E-state index in [2.05, 4.69) is 210 Å². The van der Waals surface area contributed by atoms with E-state index in [1.54, 1.807) is 0 Å². The van der Waals surface area contributed by atoms with Crippen LogP contribution in [0, 0.1) is 0 Å². The van der Waals surface area contributed by atoms with Gasteiger partial charge < -0.3 is 9.13 Å². The Bertz CT molecular complexity index is 3780. The first-order valence-electron chi connectivity index (χ1n) is 22.5. The van der Waals surface area contributed by atoms with Crippen LogP contribution in [-0.4, -0.2) is 24.1 Å². The van der Waals surface area contributed by atoms with Crippen molar-refractivity contribution in [2.75, 3.05) is 4.90 Å². The van der Waals surface area contributed by atoms with Gasteiger partial charge in [0.1, 0.15) is 0 Å². The Balaban J connectivity index is 1.13. The molecule has 66 heavy (non-hydrogen) atoms. The molecule has 0 amide bonds. The van der Waals surface area contributed by atoms with Crippen molar-refractivity contribution >= 4 is 60.9 Å². The zero-order valence-corrected chi connectivity index (χ0v) is 36.5. The number of para-hydroxylation sites is 3. The van der Waals surface area contributed by atoms with Gasteiger partial charge in [0, 0.05) is 49.5 Å². The van der Waals surface area contributed by atoms with Crippen LogP contribution in [-0.2, 0) is 5.41 Å². The highest BCUT2D eigenvalue weighted by atomic mass is 15.3. The molecular formula is C60H42N6. The number of nitrogens with zero attached hydrogens (tertiary/aromatic N) is 6. The molecule has 1 aliphatic heterocycles. The maximum Gasteiger partial charge on any atom is 0.238 e. The summed E-state index contributed by atoms with van der Waals surface area (Å²) < 4.78 is 4.92. The number of anilines is 3. The van der Waals surface area contributed by atoms with Crippen molar-refractivity contribution in [1.29, 1.82) is 0 Å². The maximum atomic E-state index is 5.40. The standard InChI is InChI=1S/C60H42N6/c1-60(2)49-35-31-42(39-19-7-3-8-20-39)37-53(49)66(59-62-57(40-21-9-4-10-22-40)61-58(63-59)41-23-11-5-12-24-41)54-38-44(32-36-50(54)60)65-52-30-18-16-28-46(52)48-34-33-47-45-27-15-17-29-51(45)64(55(47)56(48)65)43-25-13-6-14-26-43/h3-38H,1-2H3. The molecule has 0 atom stereocenters. The first-order valence-corrected chi connectivity index (χ1v) is 22.5. The van der Waals surface area contributed by atoms with Crippen LogP contribution in [0.4, 0.5) is 17.3 Å². The van der Waals surface area contributed by atoms with Gasteiger partial charge in [0.15, 0.2) is 11.6 Å². The zero-order chi connectivity index (χ0) is 43.9. The number of benzene rings is 9. The first-order chi connectivity index (χ1) is 32.5. The average Bonchev–Trinajstić information content (AvgIpc) is 3.90. The van der Waals surface area contributed by atoms with Gasteiger partial charge >= 0.3 is 0 Å². The summed E-state index contributed by atoms with van der Waals surface area (Å²) >= 11 is 0. The molecule has 0 N–H and O–H groups in total. The molecule has 0 aliphatic carbocycles. The lowest BCUT2D eigenvalue weighted by Gasteiger charge is -2.41. The maximum absolute atomic E-state index is 5.40. The molecule has 0 saturated heterocycles. The minimum Gasteiger partial charge on any atom is -0.307 e. The van der Waals surface area contributed by atoms with Crippen LogP contribution < -0.4 is 4.90 Å². The van der Waals surface area contributed by atoms with Crippen LogP contribution in [0.15, 0.2) is 218 Å². The predicted octanol–water partition coefficient (Wildman–Crippen LogP) is 15.2. The molecule has 0 radical (unpaired) electrons. The van der Waals surface area contributed by atoms with Crippen LogP contribution in [0.1, 0.15) is 25.0 Å². The van der Waals surface area contributed by atoms with E-state index in [0.29, 0.717) is 17.6 Å². The summed E-state index contributed by atoms with van der Waals surface area (Å²) in [7, 11) is 0. The minimum absolute atomic E-state index is 0.375. The summed E-state index contributed by atoms with van der Waals surface area (Å²) in [5.74, 6) is 1.78. The smallest absolute Gasteiger partial charge is 0.238 e. The van der Waals surface area contributed by atoms with Gasteiger partial charge in [-0.05, 0) is 64.7 Å². The van der Waals surface area contributed by atoms with Crippen LogP contribution in [0.3, 0.4) is 0 Å². The molecule has 9 aromatic carbocycles. The van der Waals surface area contributed by atoms with E-state index >= 15 is 0 Å². The summed E-state index contributed by atoms with van der Waals surface area (Å²) in [4.78, 5) is 18.2. The van der Waals surface area contributed by atoms with E-state index in [1.807, 2.05) is 36.4 Å². The summed E-state index contributed by atoms with van der Waals surface area (Å²) in [5, 5.41) is 4.83. The van der Waals surface area contributed by atoms with Gasteiger partial charge in [0.25, 0.3) is 0 Å². The number of rotatable bonds is 6. The second kappa shape index (κ2) is 14.7. The summed E-state index contributed by atoms with van der Waals surface area (Å²) in [5.41, 5.74) is 14.9. The molecule has 0 bridgehead atoms. The molecule has 0 spiro atoms. The quantitative estimate of drug-likeness (QED) is 0.167. The molecule has 13 rings (SSSR count). The Morgan fingerprint density at radius 2 is 0.803 bits per heavy atom. The molecule has 0 unspecified atom stereocenters. The van der Waals surface area contributed by atoms with Crippen molar-refractivity contribution in [3.05, 3.63) is 230 Å². The molecule has 0 fully saturated rings. The molecule has 3 aromatic heterocycles. The number of hydrogen-bond acceptors (Lipinski definition) is 4. The lowest BCUT2D eigenvalue weighted by atomic mass is 9.73. The predicted molar refractivity (Wildman–Crippen MR) is 272 cm³/mol. The van der Waals surface area contributed by atoms with E-state index in [4.69, 9.17) is 15.0 Å². The van der Waals surface area contributed by atoms with Gasteiger partial charge in [-0.2, -0.15) is 9.97 Å². The summed E-state index contributed by atoms with van der Waals surface area (Å²) in [6.07, 6.45) is 0. The van der Waals surface area contributed by atoms with Crippen LogP contribution in [0.25, 0.3) is 88.9 Å².